The Bertz CT molecular complexity index is 1110. The third kappa shape index (κ3) is 2.49. The van der Waals surface area contributed by atoms with E-state index in [0.29, 0.717) is 6.54 Å². The molecule has 3 heterocycles. The van der Waals surface area contributed by atoms with E-state index in [1.807, 2.05) is 26.2 Å². The number of halogens is 1. The monoisotopic (exact) mass is 425 g/mol. The zero-order chi connectivity index (χ0) is 18.7. The van der Waals surface area contributed by atoms with Crippen molar-refractivity contribution in [2.45, 2.75) is 13.0 Å². The lowest BCUT2D eigenvalue weighted by Gasteiger charge is -2.21. The van der Waals surface area contributed by atoms with Crippen molar-refractivity contribution in [3.8, 4) is 17.1 Å². The number of fused-ring (bicyclic) bond motifs is 5. The molecule has 0 bridgehead atoms. The van der Waals surface area contributed by atoms with Gasteiger partial charge in [0.25, 0.3) is 0 Å². The van der Waals surface area contributed by atoms with Gasteiger partial charge in [-0.25, -0.2) is 14.0 Å². The predicted octanol–water partition coefficient (Wildman–Crippen LogP) is 3.03. The molecule has 0 aliphatic carbocycles. The normalized spacial score (nSPS) is 14.1. The Morgan fingerprint density at radius 2 is 2.04 bits per heavy atom. The molecule has 2 aliphatic rings. The highest BCUT2D eigenvalue weighted by atomic mass is 79.9. The molecule has 0 amide bonds. The molecule has 27 heavy (non-hydrogen) atoms. The van der Waals surface area contributed by atoms with Crippen LogP contribution in [0.1, 0.15) is 5.56 Å². The van der Waals surface area contributed by atoms with Gasteiger partial charge >= 0.3 is 5.69 Å². The molecule has 5 rings (SSSR count). The van der Waals surface area contributed by atoms with Crippen molar-refractivity contribution < 1.29 is 0 Å². The van der Waals surface area contributed by atoms with Crippen molar-refractivity contribution in [3.63, 3.8) is 0 Å². The van der Waals surface area contributed by atoms with E-state index in [2.05, 4.69) is 50.0 Å². The SMILES string of the molecule is CN(C)CCn1nc2n(c1=O)-c1cc(Br)ccc1N1CCc3cccc-2c31. The first kappa shape index (κ1) is 16.8. The molecule has 2 aliphatic heterocycles. The van der Waals surface area contributed by atoms with Gasteiger partial charge in [-0.3, -0.25) is 0 Å². The van der Waals surface area contributed by atoms with Crippen LogP contribution in [0.15, 0.2) is 45.7 Å². The van der Waals surface area contributed by atoms with Crippen LogP contribution in [0.2, 0.25) is 0 Å². The topological polar surface area (TPSA) is 46.3 Å². The van der Waals surface area contributed by atoms with Crippen molar-refractivity contribution in [1.82, 2.24) is 19.2 Å². The van der Waals surface area contributed by atoms with Crippen molar-refractivity contribution in [2.24, 2.45) is 0 Å². The van der Waals surface area contributed by atoms with Crippen LogP contribution < -0.4 is 10.6 Å². The molecule has 6 nitrogen and oxygen atoms in total. The first-order valence-electron chi connectivity index (χ1n) is 9.09. The van der Waals surface area contributed by atoms with Crippen LogP contribution in [-0.4, -0.2) is 46.4 Å². The van der Waals surface area contributed by atoms with E-state index in [-0.39, 0.29) is 5.69 Å². The number of benzene rings is 2. The minimum atomic E-state index is -0.0926. The number of likely N-dealkylation sites (N-methyl/N-ethyl adjacent to an activating group) is 1. The fourth-order valence-corrected chi connectivity index (χ4v) is 4.37. The van der Waals surface area contributed by atoms with Crippen LogP contribution in [-0.2, 0) is 13.0 Å². The third-order valence-electron chi connectivity index (χ3n) is 5.30. The molecule has 0 atom stereocenters. The van der Waals surface area contributed by atoms with E-state index in [0.717, 1.165) is 46.7 Å². The fourth-order valence-electron chi connectivity index (χ4n) is 4.02. The number of aromatic nitrogens is 3. The zero-order valence-corrected chi connectivity index (χ0v) is 16.9. The second-order valence-electron chi connectivity index (χ2n) is 7.32. The summed E-state index contributed by atoms with van der Waals surface area (Å²) in [4.78, 5) is 17.7. The molecule has 0 fully saturated rings. The van der Waals surface area contributed by atoms with Gasteiger partial charge in [0, 0.05) is 23.1 Å². The highest BCUT2D eigenvalue weighted by Crippen LogP contribution is 2.46. The molecule has 0 radical (unpaired) electrons. The van der Waals surface area contributed by atoms with Crippen LogP contribution in [0.5, 0.6) is 0 Å². The van der Waals surface area contributed by atoms with Crippen molar-refractivity contribution in [1.29, 1.82) is 0 Å². The Hall–Kier alpha value is -2.38. The highest BCUT2D eigenvalue weighted by Gasteiger charge is 2.33. The molecule has 0 spiro atoms. The van der Waals surface area contributed by atoms with Crippen LogP contribution in [0.3, 0.4) is 0 Å². The van der Waals surface area contributed by atoms with Crippen LogP contribution in [0, 0.1) is 0 Å². The molecule has 138 valence electrons. The fraction of sp³-hybridized carbons (Fsp3) is 0.300. The molecule has 0 N–H and O–H groups in total. The summed E-state index contributed by atoms with van der Waals surface area (Å²) in [6.45, 7) is 2.25. The Morgan fingerprint density at radius 1 is 1.19 bits per heavy atom. The number of hydrogen-bond acceptors (Lipinski definition) is 4. The highest BCUT2D eigenvalue weighted by molar-refractivity contribution is 9.10. The van der Waals surface area contributed by atoms with Gasteiger partial charge in [0.15, 0.2) is 5.82 Å². The zero-order valence-electron chi connectivity index (χ0n) is 15.3. The summed E-state index contributed by atoms with van der Waals surface area (Å²) in [5.74, 6) is 0.722. The number of anilines is 2. The van der Waals surface area contributed by atoms with Crippen molar-refractivity contribution in [2.75, 3.05) is 32.1 Å². The average Bonchev–Trinajstić information content (AvgIpc) is 3.18. The maximum Gasteiger partial charge on any atom is 0.350 e. The molecule has 0 saturated carbocycles. The van der Waals surface area contributed by atoms with Gasteiger partial charge in [0.05, 0.1) is 23.6 Å². The van der Waals surface area contributed by atoms with Gasteiger partial charge in [0.2, 0.25) is 0 Å². The number of rotatable bonds is 3. The predicted molar refractivity (Wildman–Crippen MR) is 110 cm³/mol. The molecule has 1 aromatic heterocycles. The molecule has 2 aromatic carbocycles. The summed E-state index contributed by atoms with van der Waals surface area (Å²) in [6, 6.07) is 12.5. The van der Waals surface area contributed by atoms with E-state index < -0.39 is 0 Å². The quantitative estimate of drug-likeness (QED) is 0.646. The van der Waals surface area contributed by atoms with E-state index in [9.17, 15) is 4.79 Å². The molecule has 0 saturated heterocycles. The smallest absolute Gasteiger partial charge is 0.339 e. The molecule has 3 aromatic rings. The van der Waals surface area contributed by atoms with Gasteiger partial charge in [-0.2, -0.15) is 0 Å². The summed E-state index contributed by atoms with van der Waals surface area (Å²) < 4.78 is 4.30. The Labute approximate surface area is 165 Å². The molecular formula is C20H20BrN5O. The second-order valence-corrected chi connectivity index (χ2v) is 8.23. The maximum atomic E-state index is 13.3. The number of para-hydroxylation sites is 1. The van der Waals surface area contributed by atoms with Crippen molar-refractivity contribution in [3.05, 3.63) is 56.9 Å². The summed E-state index contributed by atoms with van der Waals surface area (Å²) in [7, 11) is 4.00. The van der Waals surface area contributed by atoms with E-state index >= 15 is 0 Å². The first-order chi connectivity index (χ1) is 13.0. The van der Waals surface area contributed by atoms with Crippen LogP contribution in [0.25, 0.3) is 17.1 Å². The Balaban J connectivity index is 1.83. The summed E-state index contributed by atoms with van der Waals surface area (Å²) >= 11 is 3.57. The molecule has 0 unspecified atom stereocenters. The lowest BCUT2D eigenvalue weighted by Crippen LogP contribution is -2.29. The summed E-state index contributed by atoms with van der Waals surface area (Å²) in [5.41, 5.74) is 5.36. The van der Waals surface area contributed by atoms with Crippen LogP contribution >= 0.6 is 15.9 Å². The van der Waals surface area contributed by atoms with Gasteiger partial charge in [-0.05, 0) is 50.3 Å². The minimum absolute atomic E-state index is 0.0926. The lowest BCUT2D eigenvalue weighted by molar-refractivity contribution is 0.369. The Kier molecular flexibility index (Phi) is 3.77. The number of nitrogens with zero attached hydrogens (tertiary/aromatic N) is 5. The Morgan fingerprint density at radius 3 is 2.85 bits per heavy atom. The van der Waals surface area contributed by atoms with Gasteiger partial charge in [-0.1, -0.05) is 28.1 Å². The second kappa shape index (κ2) is 6.07. The largest absolute Gasteiger partial charge is 0.350 e. The molecular weight excluding hydrogens is 406 g/mol. The van der Waals surface area contributed by atoms with Gasteiger partial charge in [0.1, 0.15) is 0 Å². The van der Waals surface area contributed by atoms with Gasteiger partial charge < -0.3 is 9.80 Å². The molecule has 7 heteroatoms. The van der Waals surface area contributed by atoms with Gasteiger partial charge in [-0.15, -0.1) is 5.10 Å². The third-order valence-corrected chi connectivity index (χ3v) is 5.80. The van der Waals surface area contributed by atoms with E-state index in [1.54, 1.807) is 9.25 Å². The van der Waals surface area contributed by atoms with Crippen molar-refractivity contribution >= 4 is 27.3 Å². The maximum absolute atomic E-state index is 13.3. The van der Waals surface area contributed by atoms with E-state index in [1.165, 1.54) is 11.3 Å². The summed E-state index contributed by atoms with van der Waals surface area (Å²) in [6.07, 6.45) is 1.00. The lowest BCUT2D eigenvalue weighted by atomic mass is 10.1. The average molecular weight is 426 g/mol. The van der Waals surface area contributed by atoms with E-state index in [4.69, 9.17) is 5.10 Å². The summed E-state index contributed by atoms with van der Waals surface area (Å²) in [5, 5.41) is 4.75. The van der Waals surface area contributed by atoms with Crippen LogP contribution in [0.4, 0.5) is 11.4 Å². The standard InChI is InChI=1S/C20H20BrN5O/c1-23(2)10-11-25-20(27)26-17-12-14(21)6-7-16(17)24-9-8-13-4-3-5-15(18(13)24)19(26)22-25/h3-7,12H,8-11H2,1-2H3. The first-order valence-corrected chi connectivity index (χ1v) is 9.88. The number of hydrogen-bond donors (Lipinski definition) is 0. The minimum Gasteiger partial charge on any atom is -0.339 e.